The Morgan fingerprint density at radius 1 is 1.21 bits per heavy atom. The lowest BCUT2D eigenvalue weighted by Crippen LogP contribution is -2.39. The molecule has 0 aliphatic rings. The molecule has 162 valence electrons. The predicted octanol–water partition coefficient (Wildman–Crippen LogP) is 2.47. The van der Waals surface area contributed by atoms with Crippen molar-refractivity contribution in [1.82, 2.24) is 15.4 Å². The van der Waals surface area contributed by atoms with Gasteiger partial charge in [-0.15, -0.1) is 24.0 Å². The summed E-state index contributed by atoms with van der Waals surface area (Å²) in [6, 6.07) is 7.52. The molecule has 1 unspecified atom stereocenters. The van der Waals surface area contributed by atoms with Crippen molar-refractivity contribution in [1.29, 1.82) is 0 Å². The Hall–Kier alpha value is -0.910. The zero-order valence-corrected chi connectivity index (χ0v) is 20.6. The maximum Gasteiger partial charge on any atom is 0.215 e. The van der Waals surface area contributed by atoms with Crippen LogP contribution in [0.3, 0.4) is 0 Å². The Bertz CT molecular complexity index is 696. The van der Waals surface area contributed by atoms with Crippen molar-refractivity contribution >= 4 is 40.0 Å². The van der Waals surface area contributed by atoms with Crippen LogP contribution < -0.4 is 15.4 Å². The minimum absolute atomic E-state index is 0. The Kier molecular flexibility index (Phi) is 13.7. The van der Waals surface area contributed by atoms with E-state index in [1.54, 1.807) is 7.05 Å². The van der Waals surface area contributed by atoms with Gasteiger partial charge in [0.05, 0.1) is 11.9 Å². The van der Waals surface area contributed by atoms with Gasteiger partial charge in [-0.05, 0) is 37.4 Å². The molecule has 0 spiro atoms. The Balaban J connectivity index is 0.00000729. The molecule has 0 amide bonds. The quantitative estimate of drug-likeness (QED) is 0.234. The number of sulfonamides is 1. The minimum atomic E-state index is -3.28. The number of hydrogen-bond donors (Lipinski definition) is 3. The van der Waals surface area contributed by atoms with Crippen LogP contribution in [0.4, 0.5) is 0 Å². The standard InChI is InChI=1S/C19H34N4O3S.HI/c1-6-26-18(15(2)3)10-11-22-19(20-4)23-13-16-8-7-9-17(12-16)14-27(24,25)21-5;/h7-9,12,15,18,21H,6,10-11,13-14H2,1-5H3,(H2,20,22,23);1H. The van der Waals surface area contributed by atoms with Crippen LogP contribution in [0.25, 0.3) is 0 Å². The molecular weight excluding hydrogens is 491 g/mol. The molecule has 9 heteroatoms. The fourth-order valence-electron chi connectivity index (χ4n) is 2.68. The van der Waals surface area contributed by atoms with Crippen LogP contribution in [0, 0.1) is 5.92 Å². The van der Waals surface area contributed by atoms with Crippen LogP contribution in [0.5, 0.6) is 0 Å². The maximum atomic E-state index is 11.7. The number of nitrogens with one attached hydrogen (secondary N) is 3. The van der Waals surface area contributed by atoms with Gasteiger partial charge in [0.2, 0.25) is 10.0 Å². The summed E-state index contributed by atoms with van der Waals surface area (Å²) in [4.78, 5) is 4.23. The van der Waals surface area contributed by atoms with Crippen LogP contribution in [-0.4, -0.2) is 47.7 Å². The van der Waals surface area contributed by atoms with Gasteiger partial charge in [0.1, 0.15) is 0 Å². The number of ether oxygens (including phenoxy) is 1. The van der Waals surface area contributed by atoms with E-state index in [2.05, 4.69) is 34.2 Å². The van der Waals surface area contributed by atoms with E-state index in [0.29, 0.717) is 18.4 Å². The van der Waals surface area contributed by atoms with Crippen LogP contribution in [0.2, 0.25) is 0 Å². The van der Waals surface area contributed by atoms with E-state index >= 15 is 0 Å². The highest BCUT2D eigenvalue weighted by Crippen LogP contribution is 2.10. The van der Waals surface area contributed by atoms with E-state index in [9.17, 15) is 8.42 Å². The molecule has 7 nitrogen and oxygen atoms in total. The average molecular weight is 526 g/mol. The first-order valence-electron chi connectivity index (χ1n) is 9.36. The number of nitrogens with zero attached hydrogens (tertiary/aromatic N) is 1. The molecule has 1 aromatic rings. The second kappa shape index (κ2) is 14.1. The molecule has 1 aromatic carbocycles. The van der Waals surface area contributed by atoms with Crippen LogP contribution in [0.15, 0.2) is 29.3 Å². The van der Waals surface area contributed by atoms with Crippen molar-refractivity contribution in [2.45, 2.75) is 45.6 Å². The van der Waals surface area contributed by atoms with Crippen molar-refractivity contribution in [3.63, 3.8) is 0 Å². The first kappa shape index (κ1) is 27.1. The highest BCUT2D eigenvalue weighted by atomic mass is 127. The minimum Gasteiger partial charge on any atom is -0.378 e. The second-order valence-electron chi connectivity index (χ2n) is 6.66. The topological polar surface area (TPSA) is 91.8 Å². The van der Waals surface area contributed by atoms with Gasteiger partial charge < -0.3 is 15.4 Å². The lowest BCUT2D eigenvalue weighted by molar-refractivity contribution is 0.0258. The van der Waals surface area contributed by atoms with E-state index in [4.69, 9.17) is 4.74 Å². The largest absolute Gasteiger partial charge is 0.378 e. The lowest BCUT2D eigenvalue weighted by atomic mass is 10.0. The zero-order chi connectivity index (χ0) is 20.3. The Morgan fingerprint density at radius 2 is 1.89 bits per heavy atom. The van der Waals surface area contributed by atoms with Crippen LogP contribution in [0.1, 0.15) is 38.3 Å². The molecule has 0 heterocycles. The predicted molar refractivity (Wildman–Crippen MR) is 127 cm³/mol. The maximum absolute atomic E-state index is 11.7. The van der Waals surface area contributed by atoms with Crippen LogP contribution >= 0.6 is 24.0 Å². The van der Waals surface area contributed by atoms with Gasteiger partial charge in [0.25, 0.3) is 0 Å². The Morgan fingerprint density at radius 3 is 2.46 bits per heavy atom. The van der Waals surface area contributed by atoms with Gasteiger partial charge in [-0.3, -0.25) is 4.99 Å². The number of halogens is 1. The fourth-order valence-corrected chi connectivity index (χ4v) is 3.45. The summed E-state index contributed by atoms with van der Waals surface area (Å²) in [6.07, 6.45) is 1.13. The molecule has 0 bridgehead atoms. The van der Waals surface area contributed by atoms with E-state index in [1.165, 1.54) is 7.05 Å². The first-order valence-corrected chi connectivity index (χ1v) is 11.0. The average Bonchev–Trinajstić information content (AvgIpc) is 2.63. The Labute approximate surface area is 187 Å². The van der Waals surface area contributed by atoms with Gasteiger partial charge in [-0.2, -0.15) is 0 Å². The number of benzene rings is 1. The third-order valence-electron chi connectivity index (χ3n) is 4.19. The van der Waals surface area contributed by atoms with Crippen molar-refractivity contribution in [2.75, 3.05) is 27.2 Å². The van der Waals surface area contributed by atoms with E-state index in [1.807, 2.05) is 31.2 Å². The summed E-state index contributed by atoms with van der Waals surface area (Å²) in [5.74, 6) is 1.15. The fraction of sp³-hybridized carbons (Fsp3) is 0.632. The summed E-state index contributed by atoms with van der Waals surface area (Å²) < 4.78 is 31.5. The molecule has 0 aliphatic carbocycles. The van der Waals surface area contributed by atoms with E-state index in [0.717, 1.165) is 30.7 Å². The molecule has 0 radical (unpaired) electrons. The number of rotatable bonds is 11. The third kappa shape index (κ3) is 10.6. The highest BCUT2D eigenvalue weighted by molar-refractivity contribution is 14.0. The summed E-state index contributed by atoms with van der Waals surface area (Å²) in [5.41, 5.74) is 1.75. The van der Waals surface area contributed by atoms with E-state index < -0.39 is 10.0 Å². The van der Waals surface area contributed by atoms with Crippen molar-refractivity contribution in [2.24, 2.45) is 10.9 Å². The van der Waals surface area contributed by atoms with Crippen molar-refractivity contribution in [3.05, 3.63) is 35.4 Å². The first-order chi connectivity index (χ1) is 12.8. The molecule has 0 saturated carbocycles. The van der Waals surface area contributed by atoms with Crippen molar-refractivity contribution in [3.8, 4) is 0 Å². The van der Waals surface area contributed by atoms with Gasteiger partial charge >= 0.3 is 0 Å². The van der Waals surface area contributed by atoms with Gasteiger partial charge in [0, 0.05) is 26.7 Å². The number of aliphatic imine (C=N–C) groups is 1. The lowest BCUT2D eigenvalue weighted by Gasteiger charge is -2.21. The SMILES string of the molecule is CCOC(CCNC(=NC)NCc1cccc(CS(=O)(=O)NC)c1)C(C)C.I. The molecule has 0 aromatic heterocycles. The zero-order valence-electron chi connectivity index (χ0n) is 17.5. The third-order valence-corrected chi connectivity index (χ3v) is 5.52. The molecule has 3 N–H and O–H groups in total. The smallest absolute Gasteiger partial charge is 0.215 e. The van der Waals surface area contributed by atoms with E-state index in [-0.39, 0.29) is 35.8 Å². The molecule has 28 heavy (non-hydrogen) atoms. The molecule has 1 atom stereocenters. The normalized spacial score (nSPS) is 13.1. The summed E-state index contributed by atoms with van der Waals surface area (Å²) in [7, 11) is -0.123. The van der Waals surface area contributed by atoms with Crippen molar-refractivity contribution < 1.29 is 13.2 Å². The molecule has 0 saturated heterocycles. The molecule has 0 aliphatic heterocycles. The number of hydrogen-bond acceptors (Lipinski definition) is 4. The summed E-state index contributed by atoms with van der Waals surface area (Å²) in [6.45, 7) is 8.38. The number of guanidine groups is 1. The van der Waals surface area contributed by atoms with Gasteiger partial charge in [-0.25, -0.2) is 13.1 Å². The molecule has 1 rings (SSSR count). The molecular formula is C19H35IN4O3S. The van der Waals surface area contributed by atoms with Crippen LogP contribution in [-0.2, 0) is 27.1 Å². The molecule has 0 fully saturated rings. The van der Waals surface area contributed by atoms with Gasteiger partial charge in [0.15, 0.2) is 5.96 Å². The summed E-state index contributed by atoms with van der Waals surface area (Å²) >= 11 is 0. The van der Waals surface area contributed by atoms with Gasteiger partial charge in [-0.1, -0.05) is 38.1 Å². The highest BCUT2D eigenvalue weighted by Gasteiger charge is 2.13. The second-order valence-corrected chi connectivity index (χ2v) is 8.59. The summed E-state index contributed by atoms with van der Waals surface area (Å²) in [5, 5.41) is 6.56. The monoisotopic (exact) mass is 526 g/mol.